The van der Waals surface area contributed by atoms with Crippen molar-refractivity contribution in [1.29, 1.82) is 0 Å². The Kier molecular flexibility index (Phi) is 16.6. The first kappa shape index (κ1) is 51.0. The molecule has 0 aliphatic rings. The summed E-state index contributed by atoms with van der Waals surface area (Å²) in [5.74, 6) is 0. The molecule has 5 heteroatoms. The van der Waals surface area contributed by atoms with E-state index in [2.05, 4.69) is 242 Å². The van der Waals surface area contributed by atoms with E-state index >= 15 is 0 Å². The van der Waals surface area contributed by atoms with Crippen LogP contribution in [-0.4, -0.2) is 19.9 Å². The van der Waals surface area contributed by atoms with Crippen LogP contribution < -0.4 is 0 Å². The number of hydrogen-bond acceptors (Lipinski definition) is 4. The van der Waals surface area contributed by atoms with Gasteiger partial charge in [0.25, 0.3) is 0 Å². The summed E-state index contributed by atoms with van der Waals surface area (Å²) in [6, 6.07) is 36.5. The van der Waals surface area contributed by atoms with Crippen molar-refractivity contribution in [2.45, 2.75) is 157 Å². The Bertz CT molecular complexity index is 2130. The van der Waals surface area contributed by atoms with E-state index in [-0.39, 0.29) is 52.6 Å². The summed E-state index contributed by atoms with van der Waals surface area (Å²) in [6.07, 6.45) is 7.53. The van der Waals surface area contributed by atoms with E-state index in [1.54, 1.807) is 0 Å². The average Bonchev–Trinajstić information content (AvgIpc) is 3.17. The maximum Gasteiger partial charge on any atom is 0.0889 e. The molecule has 327 valence electrons. The van der Waals surface area contributed by atoms with Crippen LogP contribution in [0.2, 0.25) is 0 Å². The Balaban J connectivity index is 0.000000242. The van der Waals surface area contributed by atoms with Gasteiger partial charge in [-0.2, -0.15) is 0 Å². The number of rotatable bonds is 3. The van der Waals surface area contributed by atoms with Crippen LogP contribution in [0.1, 0.15) is 158 Å². The average molecular weight is 993 g/mol. The van der Waals surface area contributed by atoms with Crippen LogP contribution >= 0.6 is 0 Å². The molecule has 0 N–H and O–H groups in total. The minimum atomic E-state index is 0. The summed E-state index contributed by atoms with van der Waals surface area (Å²) in [6.45, 7) is 39.9. The van der Waals surface area contributed by atoms with Gasteiger partial charge in [0.15, 0.2) is 0 Å². The molecular formula is C56H72IrN4-2. The molecule has 0 bridgehead atoms. The second kappa shape index (κ2) is 19.8. The topological polar surface area (TPSA) is 51.6 Å². The normalized spacial score (nSPS) is 12.3. The zero-order chi connectivity index (χ0) is 44.9. The number of benzene rings is 2. The van der Waals surface area contributed by atoms with Gasteiger partial charge in [-0.3, -0.25) is 9.97 Å². The molecule has 6 rings (SSSR count). The zero-order valence-electron chi connectivity index (χ0n) is 40.5. The summed E-state index contributed by atoms with van der Waals surface area (Å²) in [7, 11) is 0. The molecular weight excluding hydrogens is 921 g/mol. The Hall–Kier alpha value is -4.31. The molecule has 0 saturated heterocycles. The Morgan fingerprint density at radius 2 is 0.525 bits per heavy atom. The van der Waals surface area contributed by atoms with Gasteiger partial charge in [-0.25, -0.2) is 0 Å². The van der Waals surface area contributed by atoms with Gasteiger partial charge in [0.05, 0.1) is 11.4 Å². The molecule has 0 spiro atoms. The summed E-state index contributed by atoms with van der Waals surface area (Å²) in [5, 5.41) is 0. The van der Waals surface area contributed by atoms with Gasteiger partial charge in [0.2, 0.25) is 0 Å². The molecule has 1 radical (unpaired) electrons. The maximum absolute atomic E-state index is 4.48. The zero-order valence-corrected chi connectivity index (χ0v) is 42.9. The van der Waals surface area contributed by atoms with Gasteiger partial charge in [-0.05, 0) is 103 Å². The summed E-state index contributed by atoms with van der Waals surface area (Å²) in [4.78, 5) is 17.9. The van der Waals surface area contributed by atoms with Gasteiger partial charge in [0, 0.05) is 44.9 Å². The minimum absolute atomic E-state index is 0. The van der Waals surface area contributed by atoms with E-state index in [0.717, 1.165) is 33.9 Å². The molecule has 0 aliphatic heterocycles. The van der Waals surface area contributed by atoms with Gasteiger partial charge in [-0.1, -0.05) is 137 Å². The van der Waals surface area contributed by atoms with Crippen molar-refractivity contribution in [3.8, 4) is 33.9 Å². The number of pyridine rings is 4. The van der Waals surface area contributed by atoms with Gasteiger partial charge >= 0.3 is 0 Å². The maximum atomic E-state index is 4.48. The van der Waals surface area contributed by atoms with Crippen LogP contribution in [-0.2, 0) is 52.6 Å². The Labute approximate surface area is 384 Å². The van der Waals surface area contributed by atoms with Gasteiger partial charge in [-0.15, -0.1) is 70.8 Å². The van der Waals surface area contributed by atoms with Crippen molar-refractivity contribution in [1.82, 2.24) is 19.9 Å². The summed E-state index contributed by atoms with van der Waals surface area (Å²) >= 11 is 0. The number of nitrogens with zero attached hydrogens (tertiary/aromatic N) is 4. The van der Waals surface area contributed by atoms with E-state index in [1.807, 2.05) is 24.8 Å². The fraction of sp³-hybridized carbons (Fsp3) is 0.429. The number of aromatic nitrogens is 4. The minimum Gasteiger partial charge on any atom is -0.305 e. The Morgan fingerprint density at radius 1 is 0.295 bits per heavy atom. The molecule has 0 unspecified atom stereocenters. The molecule has 61 heavy (non-hydrogen) atoms. The standard InChI is InChI=1S/2C19H24N.C18H24N2.Ir/c2*1-18(2,3)15-9-7-14(8-10-15)17-13-16(11-12-20-17)19(4,5)6;1-17(2,3)13-7-9-19-15(11-13)16-12-14(8-10-20-16)18(4,5)6;/h2*7,9-13H,1-6H3;7-12H,1-6H3;/q2*-1;;. The third kappa shape index (κ3) is 14.9. The summed E-state index contributed by atoms with van der Waals surface area (Å²) in [5.41, 5.74) is 14.6. The second-order valence-electron chi connectivity index (χ2n) is 22.2. The molecule has 2 aromatic carbocycles. The number of hydrogen-bond donors (Lipinski definition) is 0. The third-order valence-electron chi connectivity index (χ3n) is 10.7. The van der Waals surface area contributed by atoms with E-state index in [0.29, 0.717) is 0 Å². The van der Waals surface area contributed by atoms with Gasteiger partial charge < -0.3 is 9.97 Å². The molecule has 4 aromatic heterocycles. The monoisotopic (exact) mass is 994 g/mol. The first-order valence-electron chi connectivity index (χ1n) is 21.5. The molecule has 4 heterocycles. The molecule has 6 aromatic rings. The first-order valence-corrected chi connectivity index (χ1v) is 21.5. The van der Waals surface area contributed by atoms with Crippen molar-refractivity contribution >= 4 is 0 Å². The van der Waals surface area contributed by atoms with Crippen LogP contribution in [0.3, 0.4) is 0 Å². The van der Waals surface area contributed by atoms with E-state index < -0.39 is 0 Å². The van der Waals surface area contributed by atoms with Crippen LogP contribution in [0.15, 0.2) is 110 Å². The van der Waals surface area contributed by atoms with E-state index in [4.69, 9.17) is 0 Å². The van der Waals surface area contributed by atoms with E-state index in [1.165, 1.54) is 33.4 Å². The largest absolute Gasteiger partial charge is 0.305 e. The van der Waals surface area contributed by atoms with Crippen molar-refractivity contribution in [2.24, 2.45) is 0 Å². The molecule has 0 saturated carbocycles. The quantitative estimate of drug-likeness (QED) is 0.166. The predicted molar refractivity (Wildman–Crippen MR) is 257 cm³/mol. The van der Waals surface area contributed by atoms with Crippen LogP contribution in [0.4, 0.5) is 0 Å². The molecule has 0 amide bonds. The van der Waals surface area contributed by atoms with Crippen molar-refractivity contribution in [2.75, 3.05) is 0 Å². The molecule has 0 aliphatic carbocycles. The van der Waals surface area contributed by atoms with Gasteiger partial charge in [0.1, 0.15) is 0 Å². The second-order valence-corrected chi connectivity index (χ2v) is 22.2. The van der Waals surface area contributed by atoms with Crippen molar-refractivity contribution < 1.29 is 20.1 Å². The molecule has 0 atom stereocenters. The van der Waals surface area contributed by atoms with Crippen molar-refractivity contribution in [3.63, 3.8) is 0 Å². The van der Waals surface area contributed by atoms with Crippen molar-refractivity contribution in [3.05, 3.63) is 155 Å². The third-order valence-corrected chi connectivity index (χ3v) is 10.7. The fourth-order valence-electron chi connectivity index (χ4n) is 6.26. The molecule has 0 fully saturated rings. The molecule has 4 nitrogen and oxygen atoms in total. The SMILES string of the molecule is CC(C)(C)c1c[c-]c(-c2cc(C(C)(C)C)ccn2)cc1.CC(C)(C)c1c[c-]c(-c2cc(C(C)(C)C)ccn2)cc1.CC(C)(C)c1ccnc(-c2cc(C(C)(C)C)ccn2)c1.[Ir]. The smallest absolute Gasteiger partial charge is 0.0889 e. The van der Waals surface area contributed by atoms with Crippen LogP contribution in [0.25, 0.3) is 33.9 Å². The van der Waals surface area contributed by atoms with Crippen LogP contribution in [0, 0.1) is 12.1 Å². The van der Waals surface area contributed by atoms with E-state index in [9.17, 15) is 0 Å². The predicted octanol–water partition coefficient (Wildman–Crippen LogP) is 15.0. The fourth-order valence-corrected chi connectivity index (χ4v) is 6.26. The first-order chi connectivity index (χ1) is 27.5. The van der Waals surface area contributed by atoms with Crippen LogP contribution in [0.5, 0.6) is 0 Å². The Morgan fingerprint density at radius 3 is 0.738 bits per heavy atom. The summed E-state index contributed by atoms with van der Waals surface area (Å²) < 4.78 is 0.